The van der Waals surface area contributed by atoms with Gasteiger partial charge in [0, 0.05) is 42.4 Å². The molecule has 0 saturated carbocycles. The highest BCUT2D eigenvalue weighted by molar-refractivity contribution is 7.91. The summed E-state index contributed by atoms with van der Waals surface area (Å²) >= 11 is 6.11. The number of hydrogen-bond acceptors (Lipinski definition) is 5. The number of nitrogens with zero attached hydrogens (tertiary/aromatic N) is 2. The van der Waals surface area contributed by atoms with Crippen LogP contribution in [0.4, 0.5) is 0 Å². The normalized spacial score (nSPS) is 14.9. The van der Waals surface area contributed by atoms with Crippen molar-refractivity contribution < 1.29 is 13.2 Å². The molecule has 1 aromatic carbocycles. The maximum absolute atomic E-state index is 12.4. The van der Waals surface area contributed by atoms with E-state index in [-0.39, 0.29) is 0 Å². The summed E-state index contributed by atoms with van der Waals surface area (Å²) in [6, 6.07) is 5.35. The second kappa shape index (κ2) is 6.74. The highest BCUT2D eigenvalue weighted by Crippen LogP contribution is 2.33. The minimum Gasteiger partial charge on any atom is -0.384 e. The summed E-state index contributed by atoms with van der Waals surface area (Å²) in [5.41, 5.74) is 1.57. The molecule has 8 heteroatoms. The van der Waals surface area contributed by atoms with Crippen LogP contribution in [0.3, 0.4) is 0 Å². The van der Waals surface area contributed by atoms with Gasteiger partial charge in [-0.05, 0) is 18.2 Å². The van der Waals surface area contributed by atoms with Crippen molar-refractivity contribution in [1.82, 2.24) is 9.88 Å². The lowest BCUT2D eigenvalue weighted by Gasteiger charge is -2.12. The quantitative estimate of drug-likeness (QED) is 0.843. The van der Waals surface area contributed by atoms with E-state index in [2.05, 4.69) is 10.3 Å². The number of aromatic nitrogens is 1. The number of ether oxygens (including phenoxy) is 1. The van der Waals surface area contributed by atoms with Gasteiger partial charge in [0.05, 0.1) is 30.1 Å². The van der Waals surface area contributed by atoms with Gasteiger partial charge in [-0.15, -0.1) is 0 Å². The summed E-state index contributed by atoms with van der Waals surface area (Å²) < 4.78 is 32.1. The zero-order chi connectivity index (χ0) is 17.3. The lowest BCUT2D eigenvalue weighted by molar-refractivity contribution is 0.200. The van der Waals surface area contributed by atoms with E-state index >= 15 is 0 Å². The number of sulfone groups is 1. The molecular formula is C16H20ClN3O3S. The molecule has 0 bridgehead atoms. The van der Waals surface area contributed by atoms with Crippen LogP contribution in [0.2, 0.25) is 5.02 Å². The van der Waals surface area contributed by atoms with E-state index in [1.807, 2.05) is 10.6 Å². The van der Waals surface area contributed by atoms with E-state index in [0.717, 1.165) is 30.1 Å². The smallest absolute Gasteiger partial charge is 0.177 e. The number of benzene rings is 1. The van der Waals surface area contributed by atoms with Gasteiger partial charge in [-0.3, -0.25) is 4.99 Å². The van der Waals surface area contributed by atoms with Gasteiger partial charge < -0.3 is 14.6 Å². The van der Waals surface area contributed by atoms with Gasteiger partial charge in [-0.2, -0.15) is 0 Å². The van der Waals surface area contributed by atoms with E-state index in [4.69, 9.17) is 16.3 Å². The van der Waals surface area contributed by atoms with Gasteiger partial charge >= 0.3 is 0 Å². The maximum atomic E-state index is 12.4. The topological polar surface area (TPSA) is 72.7 Å². The minimum atomic E-state index is -3.42. The number of halogens is 1. The second-order valence-corrected chi connectivity index (χ2v) is 8.18. The van der Waals surface area contributed by atoms with Gasteiger partial charge in [-0.1, -0.05) is 11.6 Å². The largest absolute Gasteiger partial charge is 0.384 e. The number of fused-ring (bicyclic) bond motifs is 1. The van der Waals surface area contributed by atoms with E-state index < -0.39 is 9.84 Å². The molecule has 1 aliphatic heterocycles. The number of hydrogen-bond donors (Lipinski definition) is 1. The molecule has 0 fully saturated rings. The highest BCUT2D eigenvalue weighted by Gasteiger charge is 2.25. The number of aliphatic imine (C=N–C) groups is 1. The Bertz CT molecular complexity index is 903. The van der Waals surface area contributed by atoms with Gasteiger partial charge in [0.2, 0.25) is 0 Å². The van der Waals surface area contributed by atoms with Crippen LogP contribution >= 0.6 is 11.6 Å². The third kappa shape index (κ3) is 3.29. The molecule has 0 atom stereocenters. The van der Waals surface area contributed by atoms with Crippen LogP contribution < -0.4 is 5.32 Å². The Morgan fingerprint density at radius 1 is 1.42 bits per heavy atom. The molecule has 130 valence electrons. The molecule has 0 saturated heterocycles. The summed E-state index contributed by atoms with van der Waals surface area (Å²) in [4.78, 5) is 4.76. The van der Waals surface area contributed by atoms with E-state index in [1.54, 1.807) is 19.2 Å². The first-order valence-corrected chi connectivity index (χ1v) is 9.95. The lowest BCUT2D eigenvalue weighted by Crippen LogP contribution is -2.25. The first-order valence-electron chi connectivity index (χ1n) is 7.68. The fourth-order valence-electron chi connectivity index (χ4n) is 3.09. The molecule has 0 radical (unpaired) electrons. The van der Waals surface area contributed by atoms with Crippen molar-refractivity contribution in [2.45, 2.75) is 17.9 Å². The lowest BCUT2D eigenvalue weighted by atomic mass is 10.2. The molecule has 0 unspecified atom stereocenters. The molecule has 1 aliphatic rings. The van der Waals surface area contributed by atoms with Crippen LogP contribution in [0.25, 0.3) is 10.9 Å². The molecule has 6 nitrogen and oxygen atoms in total. The Kier molecular flexibility index (Phi) is 4.85. The van der Waals surface area contributed by atoms with E-state index in [1.165, 1.54) is 6.26 Å². The third-order valence-electron chi connectivity index (χ3n) is 4.05. The van der Waals surface area contributed by atoms with E-state index in [0.29, 0.717) is 34.9 Å². The average Bonchev–Trinajstić information content (AvgIpc) is 3.11. The van der Waals surface area contributed by atoms with Crippen molar-refractivity contribution in [2.24, 2.45) is 4.99 Å². The maximum Gasteiger partial charge on any atom is 0.177 e. The van der Waals surface area contributed by atoms with Gasteiger partial charge in [-0.25, -0.2) is 8.42 Å². The Morgan fingerprint density at radius 3 is 2.83 bits per heavy atom. The van der Waals surface area contributed by atoms with Crippen LogP contribution in [-0.2, 0) is 27.5 Å². The summed E-state index contributed by atoms with van der Waals surface area (Å²) in [6.07, 6.45) is 1.73. The van der Waals surface area contributed by atoms with Gasteiger partial charge in [0.25, 0.3) is 0 Å². The first-order chi connectivity index (χ1) is 11.4. The number of amidine groups is 1. The zero-order valence-corrected chi connectivity index (χ0v) is 15.2. The first kappa shape index (κ1) is 17.3. The predicted molar refractivity (Wildman–Crippen MR) is 95.9 cm³/mol. The van der Waals surface area contributed by atoms with Crippen LogP contribution in [0, 0.1) is 0 Å². The van der Waals surface area contributed by atoms with Crippen LogP contribution in [-0.4, -0.2) is 51.9 Å². The second-order valence-electron chi connectivity index (χ2n) is 5.79. The van der Waals surface area contributed by atoms with Crippen molar-refractivity contribution in [2.75, 3.05) is 33.1 Å². The van der Waals surface area contributed by atoms with Crippen molar-refractivity contribution >= 4 is 38.2 Å². The third-order valence-corrected chi connectivity index (χ3v) is 5.48. The zero-order valence-electron chi connectivity index (χ0n) is 13.7. The van der Waals surface area contributed by atoms with Gasteiger partial charge in [0.15, 0.2) is 9.84 Å². The molecule has 2 aromatic rings. The Hall–Kier alpha value is -1.57. The molecule has 1 N–H and O–H groups in total. The standard InChI is InChI=1S/C16H20ClN3O3S/c1-23-8-5-14-16(24(2,21)22)12-9-11(17)3-4-13(12)20(14)10-15-18-6-7-19-15/h3-4,9H,5-8,10H2,1-2H3,(H,18,19). The van der Waals surface area contributed by atoms with E-state index in [9.17, 15) is 8.42 Å². The highest BCUT2D eigenvalue weighted by atomic mass is 35.5. The van der Waals surface area contributed by atoms with Crippen molar-refractivity contribution in [3.8, 4) is 0 Å². The molecule has 1 aromatic heterocycles. The summed E-state index contributed by atoms with van der Waals surface area (Å²) in [7, 11) is -1.81. The van der Waals surface area contributed by atoms with Crippen molar-refractivity contribution in [3.63, 3.8) is 0 Å². The fraction of sp³-hybridized carbons (Fsp3) is 0.438. The SMILES string of the molecule is COCCc1c(S(C)(=O)=O)c2cc(Cl)ccc2n1CC1=NCCN1. The number of nitrogens with one attached hydrogen (secondary N) is 1. The summed E-state index contributed by atoms with van der Waals surface area (Å²) in [6.45, 7) is 2.50. The Morgan fingerprint density at radius 2 is 2.21 bits per heavy atom. The van der Waals surface area contributed by atoms with Gasteiger partial charge in [0.1, 0.15) is 5.84 Å². The van der Waals surface area contributed by atoms with Crippen LogP contribution in [0.1, 0.15) is 5.69 Å². The monoisotopic (exact) mass is 369 g/mol. The summed E-state index contributed by atoms with van der Waals surface area (Å²) in [5, 5.41) is 4.40. The molecule has 3 rings (SSSR count). The van der Waals surface area contributed by atoms with Crippen LogP contribution in [0.15, 0.2) is 28.1 Å². The minimum absolute atomic E-state index is 0.329. The molecular weight excluding hydrogens is 350 g/mol. The molecule has 0 amide bonds. The Balaban J connectivity index is 2.26. The van der Waals surface area contributed by atoms with Crippen molar-refractivity contribution in [1.29, 1.82) is 0 Å². The summed E-state index contributed by atoms with van der Waals surface area (Å²) in [5.74, 6) is 0.862. The Labute approximate surface area is 146 Å². The molecule has 0 spiro atoms. The molecule has 2 heterocycles. The fourth-order valence-corrected chi connectivity index (χ4v) is 4.47. The van der Waals surface area contributed by atoms with Crippen LogP contribution in [0.5, 0.6) is 0 Å². The predicted octanol–water partition coefficient (Wildman–Crippen LogP) is 1.89. The number of rotatable bonds is 6. The number of methoxy groups -OCH3 is 1. The molecule has 0 aliphatic carbocycles. The molecule has 24 heavy (non-hydrogen) atoms. The average molecular weight is 370 g/mol. The van der Waals surface area contributed by atoms with Crippen molar-refractivity contribution in [3.05, 3.63) is 28.9 Å².